The summed E-state index contributed by atoms with van der Waals surface area (Å²) in [5, 5.41) is 0.789. The molecule has 104 valence electrons. The van der Waals surface area contributed by atoms with Gasteiger partial charge in [0.15, 0.2) is 5.78 Å². The fourth-order valence-corrected chi connectivity index (χ4v) is 3.00. The number of esters is 1. The highest BCUT2D eigenvalue weighted by atomic mass is 32.1. The molecule has 0 spiro atoms. The Morgan fingerprint density at radius 1 is 1.00 bits per heavy atom. The van der Waals surface area contributed by atoms with Gasteiger partial charge in [-0.05, 0) is 37.3 Å². The number of carbonyl (C=O) groups excluding carboxylic acids is 2. The predicted octanol–water partition coefficient (Wildman–Crippen LogP) is 4.32. The van der Waals surface area contributed by atoms with Crippen LogP contribution >= 0.6 is 11.3 Å². The maximum absolute atomic E-state index is 12.1. The Morgan fingerprint density at radius 2 is 1.76 bits per heavy atom. The molecule has 4 heteroatoms. The van der Waals surface area contributed by atoms with E-state index in [-0.39, 0.29) is 5.78 Å². The standard InChI is InChI=1S/C17H12O3S/c1-11(18)16-10-13-14(8-5-9-15(13)21-16)20-17(19)12-6-3-2-4-7-12/h2-10H,1H3. The maximum atomic E-state index is 12.1. The van der Waals surface area contributed by atoms with Crippen LogP contribution in [0.1, 0.15) is 27.0 Å². The molecule has 0 unspecified atom stereocenters. The van der Waals surface area contributed by atoms with Crippen molar-refractivity contribution in [2.24, 2.45) is 0 Å². The smallest absolute Gasteiger partial charge is 0.343 e. The number of rotatable bonds is 3. The zero-order chi connectivity index (χ0) is 14.8. The summed E-state index contributed by atoms with van der Waals surface area (Å²) in [5.74, 6) is 0.0836. The zero-order valence-electron chi connectivity index (χ0n) is 11.3. The van der Waals surface area contributed by atoms with Gasteiger partial charge in [-0.2, -0.15) is 0 Å². The topological polar surface area (TPSA) is 43.4 Å². The lowest BCUT2D eigenvalue weighted by atomic mass is 10.2. The summed E-state index contributed by atoms with van der Waals surface area (Å²) < 4.78 is 6.39. The summed E-state index contributed by atoms with van der Waals surface area (Å²) in [5.41, 5.74) is 0.497. The second-order valence-electron chi connectivity index (χ2n) is 4.59. The number of ether oxygens (including phenoxy) is 1. The van der Waals surface area contributed by atoms with E-state index in [4.69, 9.17) is 4.74 Å². The third-order valence-corrected chi connectivity index (χ3v) is 4.28. The van der Waals surface area contributed by atoms with E-state index in [0.717, 1.165) is 10.1 Å². The summed E-state index contributed by atoms with van der Waals surface area (Å²) in [6, 6.07) is 16.1. The Hall–Kier alpha value is -2.46. The van der Waals surface area contributed by atoms with Crippen LogP contribution in [-0.4, -0.2) is 11.8 Å². The van der Waals surface area contributed by atoms with Crippen molar-refractivity contribution < 1.29 is 14.3 Å². The minimum absolute atomic E-state index is 0.0107. The third-order valence-electron chi connectivity index (χ3n) is 3.08. The molecular formula is C17H12O3S. The molecule has 0 amide bonds. The number of benzene rings is 2. The van der Waals surface area contributed by atoms with Crippen molar-refractivity contribution >= 4 is 33.2 Å². The molecule has 0 aliphatic carbocycles. The Balaban J connectivity index is 1.97. The van der Waals surface area contributed by atoms with Gasteiger partial charge in [0, 0.05) is 10.1 Å². The van der Waals surface area contributed by atoms with E-state index in [1.807, 2.05) is 18.2 Å². The molecule has 21 heavy (non-hydrogen) atoms. The second kappa shape index (κ2) is 5.50. The Kier molecular flexibility index (Phi) is 3.54. The van der Waals surface area contributed by atoms with Crippen molar-refractivity contribution in [3.63, 3.8) is 0 Å². The number of carbonyl (C=O) groups is 2. The van der Waals surface area contributed by atoms with Crippen molar-refractivity contribution in [2.75, 3.05) is 0 Å². The van der Waals surface area contributed by atoms with Crippen LogP contribution in [0, 0.1) is 0 Å². The quantitative estimate of drug-likeness (QED) is 0.410. The molecule has 0 saturated carbocycles. The molecule has 1 heterocycles. The Morgan fingerprint density at radius 3 is 2.48 bits per heavy atom. The summed E-state index contributed by atoms with van der Waals surface area (Å²) in [4.78, 5) is 24.2. The van der Waals surface area contributed by atoms with E-state index in [0.29, 0.717) is 16.2 Å². The fourth-order valence-electron chi connectivity index (χ4n) is 2.03. The highest BCUT2D eigenvalue weighted by Gasteiger charge is 2.13. The minimum atomic E-state index is -0.404. The summed E-state index contributed by atoms with van der Waals surface area (Å²) in [6.07, 6.45) is 0. The normalized spacial score (nSPS) is 10.5. The van der Waals surface area contributed by atoms with Crippen LogP contribution in [0.5, 0.6) is 5.75 Å². The van der Waals surface area contributed by atoms with Crippen LogP contribution in [0.15, 0.2) is 54.6 Å². The zero-order valence-corrected chi connectivity index (χ0v) is 12.1. The molecule has 1 aromatic heterocycles. The summed E-state index contributed by atoms with van der Waals surface area (Å²) in [6.45, 7) is 1.53. The van der Waals surface area contributed by atoms with Crippen molar-refractivity contribution in [3.05, 3.63) is 65.0 Å². The second-order valence-corrected chi connectivity index (χ2v) is 5.67. The molecule has 3 aromatic rings. The lowest BCUT2D eigenvalue weighted by molar-refractivity contribution is 0.0737. The first-order valence-corrected chi connectivity index (χ1v) is 7.27. The van der Waals surface area contributed by atoms with E-state index in [9.17, 15) is 9.59 Å². The number of Topliss-reactive ketones (excluding diaryl/α,β-unsaturated/α-hetero) is 1. The van der Waals surface area contributed by atoms with Crippen LogP contribution in [0.4, 0.5) is 0 Å². The maximum Gasteiger partial charge on any atom is 0.343 e. The van der Waals surface area contributed by atoms with Gasteiger partial charge in [-0.15, -0.1) is 11.3 Å². The van der Waals surface area contributed by atoms with Crippen molar-refractivity contribution in [1.29, 1.82) is 0 Å². The van der Waals surface area contributed by atoms with Crippen molar-refractivity contribution in [1.82, 2.24) is 0 Å². The van der Waals surface area contributed by atoms with E-state index in [1.165, 1.54) is 18.3 Å². The number of ketones is 1. The number of fused-ring (bicyclic) bond motifs is 1. The van der Waals surface area contributed by atoms with Gasteiger partial charge >= 0.3 is 5.97 Å². The van der Waals surface area contributed by atoms with Crippen molar-refractivity contribution in [3.8, 4) is 5.75 Å². The first-order chi connectivity index (χ1) is 10.1. The van der Waals surface area contributed by atoms with Crippen LogP contribution in [0.2, 0.25) is 0 Å². The van der Waals surface area contributed by atoms with Gasteiger partial charge in [0.1, 0.15) is 5.75 Å². The van der Waals surface area contributed by atoms with Gasteiger partial charge in [-0.25, -0.2) is 4.79 Å². The van der Waals surface area contributed by atoms with Crippen molar-refractivity contribution in [2.45, 2.75) is 6.92 Å². The number of thiophene rings is 1. The molecular weight excluding hydrogens is 284 g/mol. The molecule has 0 N–H and O–H groups in total. The molecule has 0 saturated heterocycles. The molecule has 3 rings (SSSR count). The lowest BCUT2D eigenvalue weighted by Crippen LogP contribution is -2.08. The monoisotopic (exact) mass is 296 g/mol. The predicted molar refractivity (Wildman–Crippen MR) is 83.2 cm³/mol. The SMILES string of the molecule is CC(=O)c1cc2c(OC(=O)c3ccccc3)cccc2s1. The average Bonchev–Trinajstić information content (AvgIpc) is 2.93. The van der Waals surface area contributed by atoms with E-state index in [1.54, 1.807) is 36.4 Å². The molecule has 0 atom stereocenters. The number of hydrogen-bond donors (Lipinski definition) is 0. The fraction of sp³-hybridized carbons (Fsp3) is 0.0588. The molecule has 3 nitrogen and oxygen atoms in total. The van der Waals surface area contributed by atoms with E-state index in [2.05, 4.69) is 0 Å². The van der Waals surface area contributed by atoms with E-state index >= 15 is 0 Å². The highest BCUT2D eigenvalue weighted by Crippen LogP contribution is 2.33. The van der Waals surface area contributed by atoms with Gasteiger partial charge in [0.25, 0.3) is 0 Å². The van der Waals surface area contributed by atoms with Crippen LogP contribution < -0.4 is 4.74 Å². The van der Waals surface area contributed by atoms with Gasteiger partial charge in [0.05, 0.1) is 10.4 Å². The minimum Gasteiger partial charge on any atom is -0.422 e. The lowest BCUT2D eigenvalue weighted by Gasteiger charge is -2.05. The Bertz CT molecular complexity index is 818. The summed E-state index contributed by atoms with van der Waals surface area (Å²) in [7, 11) is 0. The van der Waals surface area contributed by atoms with Crippen LogP contribution in [0.3, 0.4) is 0 Å². The Labute approximate surface area is 125 Å². The molecule has 0 aliphatic heterocycles. The first kappa shape index (κ1) is 13.5. The molecule has 0 fully saturated rings. The first-order valence-electron chi connectivity index (χ1n) is 6.46. The van der Waals surface area contributed by atoms with E-state index < -0.39 is 5.97 Å². The van der Waals surface area contributed by atoms with Gasteiger partial charge in [-0.1, -0.05) is 24.3 Å². The largest absolute Gasteiger partial charge is 0.422 e. The molecule has 0 radical (unpaired) electrons. The molecule has 0 bridgehead atoms. The summed E-state index contributed by atoms with van der Waals surface area (Å²) >= 11 is 1.40. The van der Waals surface area contributed by atoms with Gasteiger partial charge in [0.2, 0.25) is 0 Å². The van der Waals surface area contributed by atoms with Gasteiger partial charge in [-0.3, -0.25) is 4.79 Å². The highest BCUT2D eigenvalue weighted by molar-refractivity contribution is 7.20. The van der Waals surface area contributed by atoms with Gasteiger partial charge < -0.3 is 4.74 Å². The third kappa shape index (κ3) is 2.71. The molecule has 0 aliphatic rings. The molecule has 2 aromatic carbocycles. The van der Waals surface area contributed by atoms with Crippen LogP contribution in [-0.2, 0) is 0 Å². The number of hydrogen-bond acceptors (Lipinski definition) is 4. The van der Waals surface area contributed by atoms with Crippen LogP contribution in [0.25, 0.3) is 10.1 Å². The average molecular weight is 296 g/mol.